The Bertz CT molecular complexity index is 887. The van der Waals surface area contributed by atoms with Gasteiger partial charge in [0.15, 0.2) is 0 Å². The van der Waals surface area contributed by atoms with Gasteiger partial charge in [0, 0.05) is 17.3 Å². The molecule has 0 unspecified atom stereocenters. The predicted octanol–water partition coefficient (Wildman–Crippen LogP) is 3.00. The van der Waals surface area contributed by atoms with Crippen LogP contribution in [0.1, 0.15) is 34.3 Å². The van der Waals surface area contributed by atoms with E-state index < -0.39 is 10.0 Å². The van der Waals surface area contributed by atoms with Crippen molar-refractivity contribution in [3.05, 3.63) is 59.2 Å². The summed E-state index contributed by atoms with van der Waals surface area (Å²) >= 11 is 0. The molecule has 1 saturated carbocycles. The zero-order valence-corrected chi connectivity index (χ0v) is 14.5. The summed E-state index contributed by atoms with van der Waals surface area (Å²) < 4.78 is 27.7. The maximum Gasteiger partial charge on any atom is 0.262 e. The van der Waals surface area contributed by atoms with Crippen LogP contribution in [0.2, 0.25) is 0 Å². The summed E-state index contributed by atoms with van der Waals surface area (Å²) in [6.07, 6.45) is 2.01. The van der Waals surface area contributed by atoms with E-state index in [-0.39, 0.29) is 16.8 Å². The highest BCUT2D eigenvalue weighted by molar-refractivity contribution is 7.92. The summed E-state index contributed by atoms with van der Waals surface area (Å²) in [5, 5.41) is 2.89. The number of carbonyl (C=O) groups excluding carboxylic acids is 1. The summed E-state index contributed by atoms with van der Waals surface area (Å²) in [5.41, 5.74) is 2.51. The van der Waals surface area contributed by atoms with Crippen molar-refractivity contribution in [2.75, 3.05) is 4.72 Å². The van der Waals surface area contributed by atoms with Gasteiger partial charge in [-0.25, -0.2) is 8.42 Å². The molecule has 5 nitrogen and oxygen atoms in total. The molecule has 0 aliphatic heterocycles. The highest BCUT2D eigenvalue weighted by Crippen LogP contribution is 2.22. The molecule has 2 aromatic rings. The third kappa shape index (κ3) is 3.76. The molecule has 0 spiro atoms. The molecule has 1 aliphatic carbocycles. The summed E-state index contributed by atoms with van der Waals surface area (Å²) in [7, 11) is -3.70. The molecular formula is C18H20N2O3S. The first-order valence-electron chi connectivity index (χ1n) is 7.86. The number of rotatable bonds is 5. The van der Waals surface area contributed by atoms with Crippen LogP contribution < -0.4 is 10.0 Å². The number of benzene rings is 2. The quantitative estimate of drug-likeness (QED) is 0.875. The topological polar surface area (TPSA) is 75.3 Å². The van der Waals surface area contributed by atoms with Crippen LogP contribution in [0.4, 0.5) is 5.69 Å². The van der Waals surface area contributed by atoms with Crippen LogP contribution in [0.3, 0.4) is 0 Å². The van der Waals surface area contributed by atoms with Crippen molar-refractivity contribution in [3.63, 3.8) is 0 Å². The van der Waals surface area contributed by atoms with E-state index in [9.17, 15) is 13.2 Å². The van der Waals surface area contributed by atoms with E-state index in [1.807, 2.05) is 13.0 Å². The van der Waals surface area contributed by atoms with Crippen LogP contribution in [0.25, 0.3) is 0 Å². The first-order chi connectivity index (χ1) is 11.3. The standard InChI is InChI=1S/C18H20N2O3S/c1-12-6-9-17(13(2)10-12)24(22,23)20-16-5-3-4-14(11-16)18(21)19-15-7-8-15/h3-6,9-11,15,20H,7-8H2,1-2H3,(H,19,21). The average molecular weight is 344 g/mol. The molecule has 1 aliphatic rings. The molecule has 24 heavy (non-hydrogen) atoms. The molecule has 0 heterocycles. The van der Waals surface area contributed by atoms with Crippen LogP contribution in [0, 0.1) is 13.8 Å². The van der Waals surface area contributed by atoms with Crippen molar-refractivity contribution in [2.45, 2.75) is 37.6 Å². The van der Waals surface area contributed by atoms with Crippen LogP contribution >= 0.6 is 0 Å². The summed E-state index contributed by atoms with van der Waals surface area (Å²) in [5.74, 6) is -0.176. The average Bonchev–Trinajstić information content (AvgIpc) is 3.30. The molecule has 1 amide bonds. The summed E-state index contributed by atoms with van der Waals surface area (Å²) in [6, 6.07) is 12.0. The van der Waals surface area contributed by atoms with Crippen molar-refractivity contribution in [2.24, 2.45) is 0 Å². The lowest BCUT2D eigenvalue weighted by atomic mass is 10.2. The number of carbonyl (C=O) groups is 1. The molecule has 3 rings (SSSR count). The zero-order valence-electron chi connectivity index (χ0n) is 13.7. The van der Waals surface area contributed by atoms with Gasteiger partial charge in [-0.3, -0.25) is 9.52 Å². The normalized spacial score (nSPS) is 14.2. The van der Waals surface area contributed by atoms with E-state index in [2.05, 4.69) is 10.0 Å². The Kier molecular flexibility index (Phi) is 4.32. The van der Waals surface area contributed by atoms with Gasteiger partial charge in [-0.2, -0.15) is 0 Å². The third-order valence-corrected chi connectivity index (χ3v) is 5.45. The van der Waals surface area contributed by atoms with Gasteiger partial charge >= 0.3 is 0 Å². The van der Waals surface area contributed by atoms with E-state index in [4.69, 9.17) is 0 Å². The Morgan fingerprint density at radius 3 is 2.50 bits per heavy atom. The molecule has 0 bridgehead atoms. The minimum absolute atomic E-state index is 0.176. The fourth-order valence-corrected chi connectivity index (χ4v) is 3.81. The van der Waals surface area contributed by atoms with Crippen LogP contribution in [-0.4, -0.2) is 20.4 Å². The molecule has 0 atom stereocenters. The highest BCUT2D eigenvalue weighted by atomic mass is 32.2. The van der Waals surface area contributed by atoms with Crippen LogP contribution in [-0.2, 0) is 10.0 Å². The number of aryl methyl sites for hydroxylation is 2. The molecule has 6 heteroatoms. The number of hydrogen-bond donors (Lipinski definition) is 2. The van der Waals surface area contributed by atoms with Gasteiger partial charge in [0.25, 0.3) is 15.9 Å². The molecule has 1 fully saturated rings. The summed E-state index contributed by atoms with van der Waals surface area (Å²) in [4.78, 5) is 12.3. The van der Waals surface area contributed by atoms with Crippen LogP contribution in [0.15, 0.2) is 47.4 Å². The predicted molar refractivity (Wildman–Crippen MR) is 93.7 cm³/mol. The Labute approximate surface area is 142 Å². The number of sulfonamides is 1. The second-order valence-electron chi connectivity index (χ2n) is 6.20. The van der Waals surface area contributed by atoms with Gasteiger partial charge in [0.2, 0.25) is 0 Å². The van der Waals surface area contributed by atoms with Gasteiger partial charge < -0.3 is 5.32 Å². The highest BCUT2D eigenvalue weighted by Gasteiger charge is 2.24. The van der Waals surface area contributed by atoms with Crippen molar-refractivity contribution < 1.29 is 13.2 Å². The second kappa shape index (κ2) is 6.28. The van der Waals surface area contributed by atoms with Gasteiger partial charge in [0.05, 0.1) is 4.90 Å². The minimum Gasteiger partial charge on any atom is -0.349 e. The fourth-order valence-electron chi connectivity index (χ4n) is 2.53. The smallest absolute Gasteiger partial charge is 0.262 e. The zero-order chi connectivity index (χ0) is 17.3. The third-order valence-electron chi connectivity index (χ3n) is 3.91. The van der Waals surface area contributed by atoms with Gasteiger partial charge in [-0.15, -0.1) is 0 Å². The van der Waals surface area contributed by atoms with E-state index in [1.54, 1.807) is 43.3 Å². The Hall–Kier alpha value is -2.34. The molecule has 2 aromatic carbocycles. The lowest BCUT2D eigenvalue weighted by Crippen LogP contribution is -2.25. The molecular weight excluding hydrogens is 324 g/mol. The van der Waals surface area contributed by atoms with E-state index >= 15 is 0 Å². The van der Waals surface area contributed by atoms with Gasteiger partial charge in [-0.05, 0) is 56.5 Å². The minimum atomic E-state index is -3.70. The van der Waals surface area contributed by atoms with Crippen molar-refractivity contribution in [1.29, 1.82) is 0 Å². The monoisotopic (exact) mass is 344 g/mol. The number of amides is 1. The van der Waals surface area contributed by atoms with Crippen molar-refractivity contribution >= 4 is 21.6 Å². The molecule has 0 radical (unpaired) electrons. The largest absolute Gasteiger partial charge is 0.349 e. The Morgan fingerprint density at radius 2 is 1.83 bits per heavy atom. The maximum absolute atomic E-state index is 12.6. The first-order valence-corrected chi connectivity index (χ1v) is 9.34. The Balaban J connectivity index is 1.83. The summed E-state index contributed by atoms with van der Waals surface area (Å²) in [6.45, 7) is 3.68. The van der Waals surface area contributed by atoms with Gasteiger partial charge in [-0.1, -0.05) is 23.8 Å². The number of nitrogens with one attached hydrogen (secondary N) is 2. The van der Waals surface area contributed by atoms with Crippen molar-refractivity contribution in [1.82, 2.24) is 5.32 Å². The van der Waals surface area contributed by atoms with E-state index in [1.165, 1.54) is 0 Å². The van der Waals surface area contributed by atoms with Crippen molar-refractivity contribution in [3.8, 4) is 0 Å². The molecule has 2 N–H and O–H groups in total. The first kappa shape index (κ1) is 16.5. The Morgan fingerprint density at radius 1 is 1.08 bits per heavy atom. The fraction of sp³-hybridized carbons (Fsp3) is 0.278. The number of hydrogen-bond acceptors (Lipinski definition) is 3. The van der Waals surface area contributed by atoms with E-state index in [0.29, 0.717) is 16.8 Å². The second-order valence-corrected chi connectivity index (χ2v) is 7.85. The molecule has 0 saturated heterocycles. The number of anilines is 1. The lowest BCUT2D eigenvalue weighted by molar-refractivity contribution is 0.0951. The lowest BCUT2D eigenvalue weighted by Gasteiger charge is -2.12. The molecule has 0 aromatic heterocycles. The maximum atomic E-state index is 12.6. The van der Waals surface area contributed by atoms with Crippen LogP contribution in [0.5, 0.6) is 0 Å². The molecule has 126 valence electrons. The SMILES string of the molecule is Cc1ccc(S(=O)(=O)Nc2cccc(C(=O)NC3CC3)c2)c(C)c1. The van der Waals surface area contributed by atoms with Gasteiger partial charge in [0.1, 0.15) is 0 Å². The van der Waals surface area contributed by atoms with E-state index in [0.717, 1.165) is 18.4 Å².